The lowest BCUT2D eigenvalue weighted by Crippen LogP contribution is -2.65. The van der Waals surface area contributed by atoms with Crippen molar-refractivity contribution in [2.24, 2.45) is 41.4 Å². The Hall–Kier alpha value is -3.37. The lowest BCUT2D eigenvalue weighted by molar-refractivity contribution is -0.266. The number of aliphatic hydroxyl groups excluding tert-OH is 2. The maximum absolute atomic E-state index is 14.4. The van der Waals surface area contributed by atoms with Gasteiger partial charge in [0.15, 0.2) is 5.78 Å². The largest absolute Gasteiger partial charge is 0.460 e. The van der Waals surface area contributed by atoms with Crippen molar-refractivity contribution in [1.29, 1.82) is 0 Å². The van der Waals surface area contributed by atoms with Crippen molar-refractivity contribution in [2.45, 2.75) is 167 Å². The molecule has 1 unspecified atom stereocenters. The van der Waals surface area contributed by atoms with Gasteiger partial charge in [-0.2, -0.15) is 0 Å². The average Bonchev–Trinajstić information content (AvgIpc) is 3.27. The van der Waals surface area contributed by atoms with Gasteiger partial charge in [0.1, 0.15) is 30.1 Å². The minimum atomic E-state index is -2.43. The highest BCUT2D eigenvalue weighted by Gasteiger charge is 2.57. The lowest BCUT2D eigenvalue weighted by Gasteiger charge is -2.50. The van der Waals surface area contributed by atoms with Crippen LogP contribution >= 0.6 is 0 Å². The van der Waals surface area contributed by atoms with Gasteiger partial charge in [-0.05, 0) is 101 Å². The molecule has 1 saturated carbocycles. The molecule has 3 N–H and O–H groups in total. The first-order valence-corrected chi connectivity index (χ1v) is 23.5. The van der Waals surface area contributed by atoms with Gasteiger partial charge in [-0.15, -0.1) is 0 Å². The molecule has 5 rings (SSSR count). The van der Waals surface area contributed by atoms with Crippen molar-refractivity contribution >= 4 is 29.2 Å². The molecule has 0 aromatic rings. The number of ketones is 3. The molecule has 5 aliphatic rings. The van der Waals surface area contributed by atoms with Gasteiger partial charge in [0.25, 0.3) is 11.7 Å². The Bertz CT molecular complexity index is 1790. The number of methoxy groups -OCH3 is 3. The van der Waals surface area contributed by atoms with Crippen molar-refractivity contribution in [2.75, 3.05) is 27.9 Å². The van der Waals surface area contributed by atoms with E-state index in [4.69, 9.17) is 23.7 Å². The van der Waals surface area contributed by atoms with Crippen LogP contribution in [0.25, 0.3) is 0 Å². The second kappa shape index (κ2) is 22.9. The van der Waals surface area contributed by atoms with Gasteiger partial charge in [-0.1, -0.05) is 64.2 Å². The topological polar surface area (TPSA) is 195 Å². The van der Waals surface area contributed by atoms with Crippen LogP contribution in [0.15, 0.2) is 47.6 Å². The van der Waals surface area contributed by atoms with E-state index in [9.17, 15) is 39.3 Å². The van der Waals surface area contributed by atoms with Crippen LogP contribution in [-0.4, -0.2) is 132 Å². The first-order chi connectivity index (χ1) is 30.3. The van der Waals surface area contributed by atoms with Crippen LogP contribution in [-0.2, 0) is 47.7 Å². The van der Waals surface area contributed by atoms with Crippen LogP contribution in [0.5, 0.6) is 0 Å². The molecule has 0 aromatic carbocycles. The fraction of sp³-hybridized carbons (Fsp3) is 0.740. The van der Waals surface area contributed by atoms with Crippen LogP contribution in [0.3, 0.4) is 0 Å². The summed E-state index contributed by atoms with van der Waals surface area (Å²) in [5, 5.41) is 34.1. The maximum Gasteiger partial charge on any atom is 0.329 e. The lowest BCUT2D eigenvalue weighted by atomic mass is 9.68. The molecular formula is C50H75NO13. The Morgan fingerprint density at radius 1 is 0.844 bits per heavy atom. The van der Waals surface area contributed by atoms with E-state index in [1.54, 1.807) is 41.1 Å². The first-order valence-electron chi connectivity index (χ1n) is 23.5. The summed E-state index contributed by atoms with van der Waals surface area (Å²) in [5.74, 6) is -8.43. The zero-order chi connectivity index (χ0) is 47.0. The van der Waals surface area contributed by atoms with Crippen LogP contribution in [0.1, 0.15) is 112 Å². The van der Waals surface area contributed by atoms with Gasteiger partial charge in [0, 0.05) is 64.4 Å². The summed E-state index contributed by atoms with van der Waals surface area (Å²) in [7, 11) is 4.52. The number of amides is 1. The Kier molecular flexibility index (Phi) is 18.5. The van der Waals surface area contributed by atoms with E-state index in [2.05, 4.69) is 0 Å². The molecule has 4 fully saturated rings. The summed E-state index contributed by atoms with van der Waals surface area (Å²) in [4.78, 5) is 72.0. The number of carbonyl (C=O) groups excluding carboxylic acids is 5. The van der Waals surface area contributed by atoms with Gasteiger partial charge >= 0.3 is 5.97 Å². The molecule has 358 valence electrons. The third-order valence-corrected chi connectivity index (χ3v) is 14.9. The number of nitrogens with zero attached hydrogens (tertiary/aromatic N) is 1. The summed E-state index contributed by atoms with van der Waals surface area (Å²) >= 11 is 0. The van der Waals surface area contributed by atoms with Gasteiger partial charge in [-0.3, -0.25) is 19.2 Å². The number of aliphatic hydroxyl groups is 3. The number of hydrogen-bond acceptors (Lipinski definition) is 13. The summed E-state index contributed by atoms with van der Waals surface area (Å²) in [6.45, 7) is 10.9. The molecule has 1 amide bonds. The first kappa shape index (κ1) is 51.6. The summed E-state index contributed by atoms with van der Waals surface area (Å²) in [5.41, 5.74) is 1.28. The molecule has 16 atom stereocenters. The molecule has 0 radical (unpaired) electrons. The van der Waals surface area contributed by atoms with Crippen molar-refractivity contribution < 1.29 is 63.0 Å². The van der Waals surface area contributed by atoms with E-state index in [-0.39, 0.29) is 42.5 Å². The number of carbonyl (C=O) groups is 5. The highest BCUT2D eigenvalue weighted by molar-refractivity contribution is 6.39. The van der Waals surface area contributed by atoms with Crippen molar-refractivity contribution in [3.63, 3.8) is 0 Å². The molecule has 0 spiro atoms. The summed E-state index contributed by atoms with van der Waals surface area (Å²) < 4.78 is 29.4. The predicted molar refractivity (Wildman–Crippen MR) is 238 cm³/mol. The van der Waals surface area contributed by atoms with Crippen LogP contribution < -0.4 is 0 Å². The number of hydrogen-bond donors (Lipinski definition) is 3. The molecule has 1 aliphatic carbocycles. The number of allylic oxidation sites excluding steroid dienone is 6. The Morgan fingerprint density at radius 2 is 1.58 bits per heavy atom. The average molecular weight is 898 g/mol. The number of piperidine rings is 1. The highest BCUT2D eigenvalue weighted by atomic mass is 16.6. The number of rotatable bonds is 5. The van der Waals surface area contributed by atoms with Crippen LogP contribution in [0, 0.1) is 41.4 Å². The Labute approximate surface area is 379 Å². The van der Waals surface area contributed by atoms with Gasteiger partial charge < -0.3 is 43.9 Å². The summed E-state index contributed by atoms with van der Waals surface area (Å²) in [6, 6.07) is -1.12. The second-order valence-corrected chi connectivity index (χ2v) is 19.5. The number of fused-ring (bicyclic) bond motifs is 3. The molecule has 6 bridgehead atoms. The highest BCUT2D eigenvalue weighted by Crippen LogP contribution is 2.45. The molecule has 14 heteroatoms. The van der Waals surface area contributed by atoms with Crippen LogP contribution in [0.4, 0.5) is 0 Å². The van der Waals surface area contributed by atoms with Crippen molar-refractivity contribution in [3.8, 4) is 0 Å². The molecule has 3 saturated heterocycles. The molecular weight excluding hydrogens is 823 g/mol. The third kappa shape index (κ3) is 12.0. The van der Waals surface area contributed by atoms with E-state index >= 15 is 0 Å². The zero-order valence-corrected chi connectivity index (χ0v) is 39.5. The van der Waals surface area contributed by atoms with Gasteiger partial charge in [0.05, 0.1) is 24.4 Å². The standard InChI is InChI=1S/C50H75NO13/c1-28-14-11-10-12-15-29(2)40(60-7)26-35-19-17-33(6)50(59,64-35)47(56)48(57)51-21-13-16-36-37(24-34-18-20-38(52)42(25-34)61-8)41(63-49(58)43(36)51)27-39(53)30(3)23-32(5)45(55)46(62-9)44(54)31(4)22-28/h10-12,14-15,23,28,30-31,33-38,40-43,45-46,52,55,59H,13,16-22,24-27H2,1-9H3/t28-,30-,31-,33-,34+,35+,36?,37+,38-,40+,41+,42-,43+,45-,46+,50-/m1/s1. The SMILES string of the molecule is CO[C@H]1C[C@@H]2CC[C@@H](C)[C@@](O)(O2)C(=O)C(=O)N2CCCC3[C@H]2C(=O)O[C@@H](CC(=O)[C@H](C)C=C(C)[C@@H](O)[C@@H](OC)C(=O)[C@H](C)C[C@H](C)C=CC=CC=C1C)[C@H]3C[C@@H]1CC[C@@H](O)[C@H](OC)C1. The smallest absolute Gasteiger partial charge is 0.329 e. The van der Waals surface area contributed by atoms with Gasteiger partial charge in [0.2, 0.25) is 5.79 Å². The molecule has 4 aliphatic heterocycles. The van der Waals surface area contributed by atoms with E-state index in [1.807, 2.05) is 51.2 Å². The second-order valence-electron chi connectivity index (χ2n) is 19.5. The molecule has 14 nitrogen and oxygen atoms in total. The third-order valence-electron chi connectivity index (χ3n) is 14.9. The minimum absolute atomic E-state index is 0.0231. The fourth-order valence-electron chi connectivity index (χ4n) is 10.9. The number of Topliss-reactive ketones (excluding diaryl/α,β-unsaturated/α-hetero) is 3. The number of ether oxygens (including phenoxy) is 5. The maximum atomic E-state index is 14.4. The van der Waals surface area contributed by atoms with Gasteiger partial charge in [-0.25, -0.2) is 4.79 Å². The van der Waals surface area contributed by atoms with E-state index in [1.165, 1.54) is 12.0 Å². The minimum Gasteiger partial charge on any atom is -0.460 e. The van der Waals surface area contributed by atoms with Crippen LogP contribution in [0.2, 0.25) is 0 Å². The zero-order valence-electron chi connectivity index (χ0n) is 39.5. The van der Waals surface area contributed by atoms with E-state index in [0.29, 0.717) is 69.8 Å². The Balaban J connectivity index is 1.51. The quantitative estimate of drug-likeness (QED) is 0.181. The fourth-order valence-corrected chi connectivity index (χ4v) is 10.9. The van der Waals surface area contributed by atoms with Crippen molar-refractivity contribution in [3.05, 3.63) is 47.6 Å². The number of esters is 1. The van der Waals surface area contributed by atoms with E-state index < -0.39 is 95.7 Å². The monoisotopic (exact) mass is 898 g/mol. The molecule has 0 aromatic heterocycles. The van der Waals surface area contributed by atoms with Crippen molar-refractivity contribution in [1.82, 2.24) is 4.90 Å². The summed E-state index contributed by atoms with van der Waals surface area (Å²) in [6.07, 6.45) is 10.8. The Morgan fingerprint density at radius 3 is 2.27 bits per heavy atom. The normalized spacial score (nSPS) is 40.5. The molecule has 64 heavy (non-hydrogen) atoms. The predicted octanol–water partition coefficient (Wildman–Crippen LogP) is 5.40. The molecule has 4 heterocycles. The van der Waals surface area contributed by atoms with E-state index in [0.717, 1.165) is 5.57 Å².